The lowest BCUT2D eigenvalue weighted by Gasteiger charge is -2.11. The molecule has 3 nitrogen and oxygen atoms in total. The number of hydrogen-bond donors (Lipinski definition) is 0. The van der Waals surface area contributed by atoms with E-state index in [0.717, 1.165) is 94.1 Å². The van der Waals surface area contributed by atoms with Crippen molar-refractivity contribution in [2.45, 2.75) is 0 Å². The van der Waals surface area contributed by atoms with Crippen molar-refractivity contribution in [1.29, 1.82) is 0 Å². The zero-order valence-corrected chi connectivity index (χ0v) is 28.2. The molecule has 10 aromatic rings. The van der Waals surface area contributed by atoms with E-state index in [1.54, 1.807) is 0 Å². The van der Waals surface area contributed by atoms with Gasteiger partial charge < -0.3 is 0 Å². The zero-order chi connectivity index (χ0) is 34.4. The van der Waals surface area contributed by atoms with Crippen molar-refractivity contribution in [2.75, 3.05) is 0 Å². The molecule has 7 aromatic carbocycles. The van der Waals surface area contributed by atoms with Gasteiger partial charge in [0.05, 0.1) is 33.6 Å². The summed E-state index contributed by atoms with van der Waals surface area (Å²) in [6.45, 7) is 0. The zero-order valence-electron chi connectivity index (χ0n) is 28.2. The molecule has 0 bridgehead atoms. The summed E-state index contributed by atoms with van der Waals surface area (Å²) in [6.07, 6.45) is 0. The average molecular weight is 662 g/mol. The topological polar surface area (TPSA) is 38.7 Å². The average Bonchev–Trinajstić information content (AvgIpc) is 3.23. The van der Waals surface area contributed by atoms with Crippen molar-refractivity contribution in [1.82, 2.24) is 15.0 Å². The van der Waals surface area contributed by atoms with Crippen molar-refractivity contribution < 1.29 is 0 Å². The molecule has 0 spiro atoms. The van der Waals surface area contributed by atoms with Gasteiger partial charge in [0.15, 0.2) is 0 Å². The molecule has 0 amide bonds. The van der Waals surface area contributed by atoms with Crippen molar-refractivity contribution >= 4 is 43.5 Å². The van der Waals surface area contributed by atoms with Crippen molar-refractivity contribution in [2.24, 2.45) is 0 Å². The number of benzene rings is 7. The molecule has 242 valence electrons. The van der Waals surface area contributed by atoms with Crippen LogP contribution in [0.5, 0.6) is 0 Å². The summed E-state index contributed by atoms with van der Waals surface area (Å²) in [7, 11) is 0. The van der Waals surface area contributed by atoms with Gasteiger partial charge in [-0.2, -0.15) is 0 Å². The molecule has 52 heavy (non-hydrogen) atoms. The Morgan fingerprint density at radius 1 is 0.231 bits per heavy atom. The van der Waals surface area contributed by atoms with Gasteiger partial charge in [-0.3, -0.25) is 0 Å². The van der Waals surface area contributed by atoms with Gasteiger partial charge in [-0.1, -0.05) is 152 Å². The summed E-state index contributed by atoms with van der Waals surface area (Å²) in [5.41, 5.74) is 13.6. The van der Waals surface area contributed by atoms with Crippen LogP contribution in [0.15, 0.2) is 188 Å². The standard InChI is InChI=1S/C49H31N3/c1-3-9-33(10-4-1)44-26-23-35-19-17-32-18-22-41(31-43(32)47(35)50-44)39-14-7-13-38(29-39)40-15-8-16-42(30-40)46-28-25-37-21-20-36-24-27-45(34-11-5-2-6-12-34)51-48(36)49(37)52-46/h1-31H. The smallest absolute Gasteiger partial charge is 0.0972 e. The summed E-state index contributed by atoms with van der Waals surface area (Å²) < 4.78 is 0. The Kier molecular flexibility index (Phi) is 7.14. The van der Waals surface area contributed by atoms with E-state index >= 15 is 0 Å². The Morgan fingerprint density at radius 3 is 1.15 bits per heavy atom. The third-order valence-corrected chi connectivity index (χ3v) is 10.0. The number of aromatic nitrogens is 3. The molecule has 0 saturated heterocycles. The first-order valence-electron chi connectivity index (χ1n) is 17.6. The number of hydrogen-bond acceptors (Lipinski definition) is 3. The van der Waals surface area contributed by atoms with Gasteiger partial charge in [-0.15, -0.1) is 0 Å². The monoisotopic (exact) mass is 661 g/mol. The van der Waals surface area contributed by atoms with E-state index in [1.165, 1.54) is 5.39 Å². The van der Waals surface area contributed by atoms with Crippen LogP contribution in [-0.4, -0.2) is 15.0 Å². The van der Waals surface area contributed by atoms with Gasteiger partial charge in [0.1, 0.15) is 0 Å². The summed E-state index contributed by atoms with van der Waals surface area (Å²) >= 11 is 0. The first kappa shape index (κ1) is 29.9. The van der Waals surface area contributed by atoms with Crippen LogP contribution in [0.2, 0.25) is 0 Å². The van der Waals surface area contributed by atoms with Crippen LogP contribution in [0.1, 0.15) is 0 Å². The number of nitrogens with zero attached hydrogens (tertiary/aromatic N) is 3. The van der Waals surface area contributed by atoms with Gasteiger partial charge in [-0.05, 0) is 64.0 Å². The summed E-state index contributed by atoms with van der Waals surface area (Å²) in [6, 6.07) is 66.3. The Bertz CT molecular complexity index is 2750. The third-order valence-electron chi connectivity index (χ3n) is 10.0. The molecule has 0 atom stereocenters. The normalized spacial score (nSPS) is 11.5. The van der Waals surface area contributed by atoms with Gasteiger partial charge >= 0.3 is 0 Å². The largest absolute Gasteiger partial charge is 0.247 e. The molecule has 3 heteroatoms. The second kappa shape index (κ2) is 12.4. The Hall–Kier alpha value is -6.97. The first-order valence-corrected chi connectivity index (χ1v) is 17.6. The van der Waals surface area contributed by atoms with E-state index in [4.69, 9.17) is 15.0 Å². The molecule has 0 radical (unpaired) electrons. The maximum Gasteiger partial charge on any atom is 0.0972 e. The van der Waals surface area contributed by atoms with E-state index in [2.05, 4.69) is 164 Å². The molecule has 0 saturated carbocycles. The van der Waals surface area contributed by atoms with Gasteiger partial charge in [0, 0.05) is 38.2 Å². The molecule has 0 N–H and O–H groups in total. The van der Waals surface area contributed by atoms with Crippen LogP contribution in [0.25, 0.3) is 99.5 Å². The maximum absolute atomic E-state index is 5.22. The van der Waals surface area contributed by atoms with Crippen LogP contribution in [0.4, 0.5) is 0 Å². The van der Waals surface area contributed by atoms with E-state index in [9.17, 15) is 0 Å². The van der Waals surface area contributed by atoms with Gasteiger partial charge in [-0.25, -0.2) is 15.0 Å². The number of pyridine rings is 3. The van der Waals surface area contributed by atoms with Crippen LogP contribution < -0.4 is 0 Å². The number of rotatable bonds is 5. The molecule has 0 fully saturated rings. The van der Waals surface area contributed by atoms with Crippen LogP contribution in [0, 0.1) is 0 Å². The van der Waals surface area contributed by atoms with Crippen LogP contribution in [-0.2, 0) is 0 Å². The lowest BCUT2D eigenvalue weighted by molar-refractivity contribution is 1.36. The molecule has 10 rings (SSSR count). The minimum Gasteiger partial charge on any atom is -0.247 e. The lowest BCUT2D eigenvalue weighted by Crippen LogP contribution is -1.91. The molecule has 0 aliphatic heterocycles. The fourth-order valence-corrected chi connectivity index (χ4v) is 7.29. The summed E-state index contributed by atoms with van der Waals surface area (Å²) in [4.78, 5) is 15.5. The quantitative estimate of drug-likeness (QED) is 0.172. The summed E-state index contributed by atoms with van der Waals surface area (Å²) in [5.74, 6) is 0. The minimum absolute atomic E-state index is 0.911. The summed E-state index contributed by atoms with van der Waals surface area (Å²) in [5, 5.41) is 5.63. The molecule has 0 aliphatic rings. The lowest BCUT2D eigenvalue weighted by atomic mass is 9.95. The molecule has 0 unspecified atom stereocenters. The fraction of sp³-hybridized carbons (Fsp3) is 0. The molecule has 0 aliphatic carbocycles. The van der Waals surface area contributed by atoms with E-state index in [0.29, 0.717) is 0 Å². The Labute approximate surface area is 301 Å². The van der Waals surface area contributed by atoms with E-state index in [1.807, 2.05) is 24.3 Å². The van der Waals surface area contributed by atoms with Gasteiger partial charge in [0.2, 0.25) is 0 Å². The Morgan fingerprint density at radius 2 is 0.596 bits per heavy atom. The highest BCUT2D eigenvalue weighted by Crippen LogP contribution is 2.34. The fourth-order valence-electron chi connectivity index (χ4n) is 7.29. The van der Waals surface area contributed by atoms with Crippen LogP contribution in [0.3, 0.4) is 0 Å². The molecular formula is C49H31N3. The second-order valence-electron chi connectivity index (χ2n) is 13.3. The molecular weight excluding hydrogens is 631 g/mol. The predicted octanol–water partition coefficient (Wildman–Crippen LogP) is 12.8. The third kappa shape index (κ3) is 5.37. The van der Waals surface area contributed by atoms with Crippen molar-refractivity contribution in [3.05, 3.63) is 188 Å². The predicted molar refractivity (Wildman–Crippen MR) is 217 cm³/mol. The number of fused-ring (bicyclic) bond motifs is 6. The molecule has 3 aromatic heterocycles. The first-order chi connectivity index (χ1) is 25.7. The minimum atomic E-state index is 0.911. The highest BCUT2D eigenvalue weighted by molar-refractivity contribution is 6.07. The van der Waals surface area contributed by atoms with E-state index < -0.39 is 0 Å². The highest BCUT2D eigenvalue weighted by Gasteiger charge is 2.12. The van der Waals surface area contributed by atoms with Gasteiger partial charge in [0.25, 0.3) is 0 Å². The second-order valence-corrected chi connectivity index (χ2v) is 13.3. The highest BCUT2D eigenvalue weighted by atomic mass is 14.8. The van der Waals surface area contributed by atoms with Crippen LogP contribution >= 0.6 is 0 Å². The van der Waals surface area contributed by atoms with E-state index in [-0.39, 0.29) is 0 Å². The Balaban J connectivity index is 1.02. The van der Waals surface area contributed by atoms with Crippen molar-refractivity contribution in [3.8, 4) is 56.0 Å². The maximum atomic E-state index is 5.22. The van der Waals surface area contributed by atoms with Crippen molar-refractivity contribution in [3.63, 3.8) is 0 Å². The SMILES string of the molecule is c1ccc(-c2ccc3ccc4ccc(-c5cccc(-c6cccc(-c7ccc8ccc9ccc(-c%10ccccc%10)nc9c8n7)c6)c5)cc4c3n2)cc1. The molecule has 3 heterocycles.